The Kier molecular flexibility index (Phi) is 7.39. The van der Waals surface area contributed by atoms with E-state index in [4.69, 9.17) is 16.3 Å². The van der Waals surface area contributed by atoms with Crippen molar-refractivity contribution in [3.05, 3.63) is 86.4 Å². The Morgan fingerprint density at radius 1 is 0.970 bits per heavy atom. The van der Waals surface area contributed by atoms with Gasteiger partial charge in [0.1, 0.15) is 5.75 Å². The number of anilines is 2. The summed E-state index contributed by atoms with van der Waals surface area (Å²) in [6, 6.07) is 20.3. The molecule has 3 aromatic carbocycles. The molecule has 1 heterocycles. The second-order valence-electron chi connectivity index (χ2n) is 7.64. The quantitative estimate of drug-likeness (QED) is 0.427. The molecule has 0 saturated carbocycles. The number of nitrogens with one attached hydrogen (secondary N) is 1. The van der Waals surface area contributed by atoms with Crippen molar-refractivity contribution in [3.8, 4) is 5.75 Å². The zero-order chi connectivity index (χ0) is 23.4. The van der Waals surface area contributed by atoms with Crippen molar-refractivity contribution in [1.82, 2.24) is 4.90 Å². The topological polar surface area (TPSA) is 61.9 Å². The lowest BCUT2D eigenvalue weighted by molar-refractivity contribution is 0.0743. The molecule has 4 rings (SSSR count). The summed E-state index contributed by atoms with van der Waals surface area (Å²) >= 11 is 8.27. The number of ether oxygens (including phenoxy) is 1. The van der Waals surface area contributed by atoms with E-state index in [9.17, 15) is 9.59 Å². The number of benzene rings is 3. The third kappa shape index (κ3) is 5.59. The van der Waals surface area contributed by atoms with Crippen molar-refractivity contribution in [2.24, 2.45) is 0 Å². The van der Waals surface area contributed by atoms with Gasteiger partial charge in [-0.2, -0.15) is 0 Å². The zero-order valence-electron chi connectivity index (χ0n) is 18.1. The van der Waals surface area contributed by atoms with Gasteiger partial charge in [0.2, 0.25) is 0 Å². The first kappa shape index (κ1) is 23.4. The fourth-order valence-corrected chi connectivity index (χ4v) is 4.49. The Labute approximate surface area is 211 Å². The van der Waals surface area contributed by atoms with Crippen molar-refractivity contribution in [2.45, 2.75) is 0 Å². The van der Waals surface area contributed by atoms with Crippen LogP contribution < -0.4 is 15.0 Å². The maximum atomic E-state index is 13.0. The number of carbonyl (C=O) groups is 2. The predicted molar refractivity (Wildman–Crippen MR) is 140 cm³/mol. The molecule has 170 valence electrons. The number of amides is 2. The summed E-state index contributed by atoms with van der Waals surface area (Å²) in [5, 5.41) is 3.44. The summed E-state index contributed by atoms with van der Waals surface area (Å²) in [5.74, 6) is 0.308. The third-order valence-electron chi connectivity index (χ3n) is 5.54. The highest BCUT2D eigenvalue weighted by Crippen LogP contribution is 2.26. The molecular weight excluding hydrogens is 553 g/mol. The van der Waals surface area contributed by atoms with Crippen molar-refractivity contribution < 1.29 is 14.3 Å². The highest BCUT2D eigenvalue weighted by atomic mass is 127. The molecular formula is C25H23ClIN3O3. The van der Waals surface area contributed by atoms with Gasteiger partial charge in [0.15, 0.2) is 0 Å². The van der Waals surface area contributed by atoms with Crippen molar-refractivity contribution in [1.29, 1.82) is 0 Å². The molecule has 3 aromatic rings. The first-order valence-corrected chi connectivity index (χ1v) is 11.9. The van der Waals surface area contributed by atoms with E-state index in [2.05, 4.69) is 32.8 Å². The van der Waals surface area contributed by atoms with Crippen LogP contribution >= 0.6 is 34.2 Å². The summed E-state index contributed by atoms with van der Waals surface area (Å²) in [6.07, 6.45) is 0. The number of piperazine rings is 1. The summed E-state index contributed by atoms with van der Waals surface area (Å²) in [6.45, 7) is 2.62. The predicted octanol–water partition coefficient (Wildman–Crippen LogP) is 5.17. The van der Waals surface area contributed by atoms with Crippen LogP contribution in [0.4, 0.5) is 11.4 Å². The van der Waals surface area contributed by atoms with Crippen LogP contribution in [0, 0.1) is 3.57 Å². The monoisotopic (exact) mass is 575 g/mol. The van der Waals surface area contributed by atoms with Gasteiger partial charge in [0.05, 0.1) is 12.7 Å². The van der Waals surface area contributed by atoms with Crippen LogP contribution in [0.3, 0.4) is 0 Å². The Morgan fingerprint density at radius 3 is 2.36 bits per heavy atom. The lowest BCUT2D eigenvalue weighted by atomic mass is 10.1. The molecule has 33 heavy (non-hydrogen) atoms. The summed E-state index contributed by atoms with van der Waals surface area (Å²) < 4.78 is 6.34. The highest BCUT2D eigenvalue weighted by Gasteiger charge is 2.24. The second kappa shape index (κ2) is 10.4. The van der Waals surface area contributed by atoms with Crippen LogP contribution in [-0.4, -0.2) is 50.0 Å². The normalized spacial score (nSPS) is 13.5. The molecule has 0 spiro atoms. The van der Waals surface area contributed by atoms with E-state index in [0.29, 0.717) is 48.1 Å². The van der Waals surface area contributed by atoms with E-state index in [1.54, 1.807) is 31.4 Å². The molecule has 0 radical (unpaired) electrons. The van der Waals surface area contributed by atoms with Gasteiger partial charge < -0.3 is 19.9 Å². The maximum absolute atomic E-state index is 13.0. The molecule has 6 nitrogen and oxygen atoms in total. The van der Waals surface area contributed by atoms with Gasteiger partial charge in [-0.3, -0.25) is 9.59 Å². The smallest absolute Gasteiger partial charge is 0.257 e. The summed E-state index contributed by atoms with van der Waals surface area (Å²) in [7, 11) is 1.55. The van der Waals surface area contributed by atoms with Crippen LogP contribution in [-0.2, 0) is 0 Å². The van der Waals surface area contributed by atoms with Crippen LogP contribution in [0.15, 0.2) is 66.7 Å². The maximum Gasteiger partial charge on any atom is 0.257 e. The molecule has 1 fully saturated rings. The first-order valence-electron chi connectivity index (χ1n) is 10.5. The van der Waals surface area contributed by atoms with Crippen LogP contribution in [0.5, 0.6) is 5.75 Å². The number of hydrogen-bond acceptors (Lipinski definition) is 4. The average Bonchev–Trinajstić information content (AvgIpc) is 2.84. The molecule has 0 aromatic heterocycles. The van der Waals surface area contributed by atoms with Crippen LogP contribution in [0.2, 0.25) is 5.02 Å². The number of nitrogens with zero attached hydrogens (tertiary/aromatic N) is 2. The van der Waals surface area contributed by atoms with E-state index >= 15 is 0 Å². The van der Waals surface area contributed by atoms with Crippen molar-refractivity contribution >= 4 is 57.4 Å². The number of methoxy groups -OCH3 is 1. The Balaban J connectivity index is 1.36. The molecule has 0 unspecified atom stereocenters. The lowest BCUT2D eigenvalue weighted by Gasteiger charge is -2.36. The van der Waals surface area contributed by atoms with E-state index in [0.717, 1.165) is 14.9 Å². The third-order valence-corrected chi connectivity index (χ3v) is 6.44. The number of rotatable bonds is 5. The zero-order valence-corrected chi connectivity index (χ0v) is 21.0. The van der Waals surface area contributed by atoms with Gasteiger partial charge in [0.25, 0.3) is 11.8 Å². The highest BCUT2D eigenvalue weighted by molar-refractivity contribution is 14.1. The number of halogens is 2. The minimum absolute atomic E-state index is 0.0809. The van der Waals surface area contributed by atoms with Gasteiger partial charge in [-0.05, 0) is 83.3 Å². The van der Waals surface area contributed by atoms with Crippen LogP contribution in [0.1, 0.15) is 20.7 Å². The Hall–Kier alpha value is -2.78. The van der Waals surface area contributed by atoms with Gasteiger partial charge in [-0.25, -0.2) is 0 Å². The largest absolute Gasteiger partial charge is 0.496 e. The van der Waals surface area contributed by atoms with E-state index in [1.807, 2.05) is 47.4 Å². The molecule has 0 bridgehead atoms. The fourth-order valence-electron chi connectivity index (χ4n) is 3.77. The van der Waals surface area contributed by atoms with Gasteiger partial charge in [-0.15, -0.1) is 0 Å². The average molecular weight is 576 g/mol. The fraction of sp³-hybridized carbons (Fsp3) is 0.200. The minimum Gasteiger partial charge on any atom is -0.496 e. The van der Waals surface area contributed by atoms with Crippen molar-refractivity contribution in [2.75, 3.05) is 43.5 Å². The summed E-state index contributed by atoms with van der Waals surface area (Å²) in [4.78, 5) is 29.5. The van der Waals surface area contributed by atoms with Crippen LogP contribution in [0.25, 0.3) is 0 Å². The van der Waals surface area contributed by atoms with Gasteiger partial charge >= 0.3 is 0 Å². The molecule has 2 amide bonds. The SMILES string of the molecule is COc1ccc(Cl)cc1C(=O)N1CCN(c2ccc(NC(=O)c3cccc(I)c3)cc2)CC1. The number of hydrogen-bond donors (Lipinski definition) is 1. The molecule has 1 N–H and O–H groups in total. The first-order chi connectivity index (χ1) is 15.9. The van der Waals surface area contributed by atoms with E-state index in [-0.39, 0.29) is 11.8 Å². The van der Waals surface area contributed by atoms with E-state index < -0.39 is 0 Å². The Bertz CT molecular complexity index is 1160. The minimum atomic E-state index is -0.134. The number of carbonyl (C=O) groups excluding carboxylic acids is 2. The van der Waals surface area contributed by atoms with Crippen molar-refractivity contribution in [3.63, 3.8) is 0 Å². The van der Waals surface area contributed by atoms with E-state index in [1.165, 1.54) is 0 Å². The molecule has 0 atom stereocenters. The molecule has 0 aliphatic carbocycles. The molecule has 1 aliphatic rings. The molecule has 1 saturated heterocycles. The standard InChI is InChI=1S/C25H23ClIN3O3/c1-33-23-10-5-18(26)16-22(23)25(32)30-13-11-29(12-14-30)21-8-6-20(7-9-21)28-24(31)17-3-2-4-19(27)15-17/h2-10,15-16H,11-14H2,1H3,(H,28,31). The Morgan fingerprint density at radius 2 is 1.70 bits per heavy atom. The second-order valence-corrected chi connectivity index (χ2v) is 9.32. The summed E-state index contributed by atoms with van der Waals surface area (Å²) in [5.41, 5.74) is 2.90. The lowest BCUT2D eigenvalue weighted by Crippen LogP contribution is -2.48. The van der Waals surface area contributed by atoms with Gasteiger partial charge in [-0.1, -0.05) is 17.7 Å². The molecule has 8 heteroatoms. The molecule has 1 aliphatic heterocycles. The van der Waals surface area contributed by atoms with Gasteiger partial charge in [0, 0.05) is 51.7 Å².